The third-order valence-corrected chi connectivity index (χ3v) is 2.74. The molecule has 0 spiro atoms. The first kappa shape index (κ1) is 14.7. The van der Waals surface area contributed by atoms with E-state index in [2.05, 4.69) is 11.2 Å². The van der Waals surface area contributed by atoms with Gasteiger partial charge in [0.1, 0.15) is 17.0 Å². The quantitative estimate of drug-likeness (QED) is 0.695. The van der Waals surface area contributed by atoms with Gasteiger partial charge in [0.15, 0.2) is 5.60 Å². The topological polar surface area (TPSA) is 68.5 Å². The van der Waals surface area contributed by atoms with Gasteiger partial charge in [-0.3, -0.25) is 4.79 Å². The first-order valence-electron chi connectivity index (χ1n) is 6.33. The molecule has 0 saturated carbocycles. The van der Waals surface area contributed by atoms with Crippen LogP contribution in [0.25, 0.3) is 11.0 Å². The van der Waals surface area contributed by atoms with E-state index in [0.29, 0.717) is 16.7 Å². The maximum atomic E-state index is 11.8. The highest BCUT2D eigenvalue weighted by Gasteiger charge is 2.16. The predicted molar refractivity (Wildman–Crippen MR) is 80.3 cm³/mol. The molecule has 0 saturated heterocycles. The van der Waals surface area contributed by atoms with E-state index in [4.69, 9.17) is 15.6 Å². The highest BCUT2D eigenvalue weighted by molar-refractivity contribution is 5.91. The van der Waals surface area contributed by atoms with Crippen LogP contribution in [0.4, 0.5) is 5.69 Å². The summed E-state index contributed by atoms with van der Waals surface area (Å²) in [4.78, 5) is 22.8. The van der Waals surface area contributed by atoms with E-state index < -0.39 is 11.2 Å². The summed E-state index contributed by atoms with van der Waals surface area (Å²) in [5.41, 5.74) is -0.914. The predicted octanol–water partition coefficient (Wildman–Crippen LogP) is 2.54. The molecule has 2 rings (SSSR count). The van der Waals surface area contributed by atoms with Crippen LogP contribution in [0.1, 0.15) is 20.8 Å². The summed E-state index contributed by atoms with van der Waals surface area (Å²) >= 11 is 0. The summed E-state index contributed by atoms with van der Waals surface area (Å²) in [6, 6.07) is 6.59. The molecule has 1 heterocycles. The number of hydrogen-bond donors (Lipinski definition) is 1. The van der Waals surface area contributed by atoms with Gasteiger partial charge in [-0.25, -0.2) is 4.79 Å². The molecule has 21 heavy (non-hydrogen) atoms. The van der Waals surface area contributed by atoms with Crippen LogP contribution in [0.3, 0.4) is 0 Å². The molecule has 2 aromatic rings. The molecule has 0 aliphatic carbocycles. The van der Waals surface area contributed by atoms with E-state index in [1.54, 1.807) is 38.1 Å². The van der Waals surface area contributed by atoms with Gasteiger partial charge < -0.3 is 14.5 Å². The van der Waals surface area contributed by atoms with Crippen LogP contribution in [-0.4, -0.2) is 11.5 Å². The Morgan fingerprint density at radius 3 is 2.71 bits per heavy atom. The van der Waals surface area contributed by atoms with Gasteiger partial charge in [-0.1, -0.05) is 5.92 Å². The summed E-state index contributed by atoms with van der Waals surface area (Å²) in [6.07, 6.45) is 5.37. The summed E-state index contributed by atoms with van der Waals surface area (Å²) < 4.78 is 10.8. The minimum atomic E-state index is -0.760. The zero-order chi connectivity index (χ0) is 15.6. The van der Waals surface area contributed by atoms with Gasteiger partial charge in [0, 0.05) is 18.4 Å². The number of carbonyl (C=O) groups is 1. The van der Waals surface area contributed by atoms with Crippen molar-refractivity contribution in [1.29, 1.82) is 0 Å². The Labute approximate surface area is 121 Å². The van der Waals surface area contributed by atoms with Crippen LogP contribution < -0.4 is 15.7 Å². The van der Waals surface area contributed by atoms with Crippen molar-refractivity contribution >= 4 is 22.6 Å². The largest absolute Gasteiger partial charge is 0.475 e. The maximum absolute atomic E-state index is 11.8. The third kappa shape index (κ3) is 3.42. The summed E-state index contributed by atoms with van der Waals surface area (Å²) in [5, 5.41) is 3.09. The molecule has 5 nitrogen and oxygen atoms in total. The van der Waals surface area contributed by atoms with Gasteiger partial charge in [0.05, 0.1) is 0 Å². The lowest BCUT2D eigenvalue weighted by Crippen LogP contribution is -2.25. The SMILES string of the molecule is C#CC(C)(C)Oc1ccc2cc(NC(C)=O)c(=O)oc2c1. The minimum Gasteiger partial charge on any atom is -0.475 e. The van der Waals surface area contributed by atoms with Gasteiger partial charge in [0.25, 0.3) is 0 Å². The highest BCUT2D eigenvalue weighted by Crippen LogP contribution is 2.24. The van der Waals surface area contributed by atoms with Gasteiger partial charge in [-0.2, -0.15) is 0 Å². The van der Waals surface area contributed by atoms with Crippen LogP contribution in [0.5, 0.6) is 5.75 Å². The number of carbonyl (C=O) groups excluding carboxylic acids is 1. The van der Waals surface area contributed by atoms with Crippen LogP contribution in [0, 0.1) is 12.3 Å². The Kier molecular flexibility index (Phi) is 3.72. The van der Waals surface area contributed by atoms with Crippen molar-refractivity contribution in [3.63, 3.8) is 0 Å². The fourth-order valence-electron chi connectivity index (χ4n) is 1.76. The van der Waals surface area contributed by atoms with Crippen LogP contribution in [-0.2, 0) is 4.79 Å². The van der Waals surface area contributed by atoms with Crippen molar-refractivity contribution in [1.82, 2.24) is 0 Å². The Morgan fingerprint density at radius 2 is 2.10 bits per heavy atom. The van der Waals surface area contributed by atoms with Crippen LogP contribution in [0.2, 0.25) is 0 Å². The maximum Gasteiger partial charge on any atom is 0.360 e. The number of fused-ring (bicyclic) bond motifs is 1. The molecule has 0 radical (unpaired) electrons. The van der Waals surface area contributed by atoms with Gasteiger partial charge in [-0.15, -0.1) is 6.42 Å². The number of nitrogens with one attached hydrogen (secondary N) is 1. The molecular weight excluding hydrogens is 270 g/mol. The molecule has 0 atom stereocenters. The zero-order valence-electron chi connectivity index (χ0n) is 12.0. The molecule has 0 aliphatic heterocycles. The molecule has 1 N–H and O–H groups in total. The van der Waals surface area contributed by atoms with Gasteiger partial charge >= 0.3 is 5.63 Å². The number of rotatable bonds is 3. The molecule has 5 heteroatoms. The average molecular weight is 285 g/mol. The Balaban J connectivity index is 2.44. The van der Waals surface area contributed by atoms with E-state index in [0.717, 1.165) is 0 Å². The van der Waals surface area contributed by atoms with Crippen molar-refractivity contribution in [3.05, 3.63) is 34.7 Å². The van der Waals surface area contributed by atoms with E-state index >= 15 is 0 Å². The van der Waals surface area contributed by atoms with Gasteiger partial charge in [-0.05, 0) is 32.0 Å². The second-order valence-corrected chi connectivity index (χ2v) is 5.09. The summed E-state index contributed by atoms with van der Waals surface area (Å²) in [7, 11) is 0. The Hall–Kier alpha value is -2.74. The van der Waals surface area contributed by atoms with Crippen LogP contribution >= 0.6 is 0 Å². The number of terminal acetylenes is 1. The lowest BCUT2D eigenvalue weighted by molar-refractivity contribution is -0.114. The lowest BCUT2D eigenvalue weighted by atomic mass is 10.1. The molecule has 0 bridgehead atoms. The average Bonchev–Trinajstić information content (AvgIpc) is 2.39. The molecule has 0 aliphatic rings. The van der Waals surface area contributed by atoms with E-state index in [1.807, 2.05) is 0 Å². The first-order valence-corrected chi connectivity index (χ1v) is 6.33. The first-order chi connectivity index (χ1) is 9.80. The van der Waals surface area contributed by atoms with Crippen molar-refractivity contribution in [2.45, 2.75) is 26.4 Å². The number of anilines is 1. The number of amides is 1. The summed E-state index contributed by atoms with van der Waals surface area (Å²) in [5.74, 6) is 2.68. The van der Waals surface area contributed by atoms with Crippen molar-refractivity contribution in [2.24, 2.45) is 0 Å². The Morgan fingerprint density at radius 1 is 1.38 bits per heavy atom. The fourth-order valence-corrected chi connectivity index (χ4v) is 1.76. The molecule has 1 aromatic heterocycles. The van der Waals surface area contributed by atoms with E-state index in [-0.39, 0.29) is 11.6 Å². The number of benzene rings is 1. The smallest absolute Gasteiger partial charge is 0.360 e. The van der Waals surface area contributed by atoms with E-state index in [9.17, 15) is 9.59 Å². The monoisotopic (exact) mass is 285 g/mol. The second-order valence-electron chi connectivity index (χ2n) is 5.09. The third-order valence-electron chi connectivity index (χ3n) is 2.74. The molecule has 1 amide bonds. The van der Waals surface area contributed by atoms with Crippen molar-refractivity contribution < 1.29 is 13.9 Å². The molecule has 0 fully saturated rings. The second kappa shape index (κ2) is 5.33. The number of ether oxygens (including phenoxy) is 1. The molecule has 0 unspecified atom stereocenters. The molecular formula is C16H15NO4. The van der Waals surface area contributed by atoms with E-state index in [1.165, 1.54) is 6.92 Å². The lowest BCUT2D eigenvalue weighted by Gasteiger charge is -2.20. The Bertz CT molecular complexity index is 796. The fraction of sp³-hybridized carbons (Fsp3) is 0.250. The minimum absolute atomic E-state index is 0.104. The van der Waals surface area contributed by atoms with Crippen molar-refractivity contribution in [3.8, 4) is 18.1 Å². The van der Waals surface area contributed by atoms with Crippen molar-refractivity contribution in [2.75, 3.05) is 5.32 Å². The summed E-state index contributed by atoms with van der Waals surface area (Å²) in [6.45, 7) is 4.84. The number of hydrogen-bond acceptors (Lipinski definition) is 4. The normalized spacial score (nSPS) is 11.0. The molecule has 108 valence electrons. The highest BCUT2D eigenvalue weighted by atomic mass is 16.5. The molecule has 1 aromatic carbocycles. The standard InChI is InChI=1S/C16H15NO4/c1-5-16(3,4)21-12-7-6-11-8-13(17-10(2)18)15(19)20-14(11)9-12/h1,6-9H,2-4H3,(H,17,18). The zero-order valence-corrected chi connectivity index (χ0v) is 12.0. The van der Waals surface area contributed by atoms with Crippen LogP contribution in [0.15, 0.2) is 33.5 Å². The van der Waals surface area contributed by atoms with Gasteiger partial charge in [0.2, 0.25) is 5.91 Å².